The van der Waals surface area contributed by atoms with Crippen LogP contribution in [0.2, 0.25) is 0 Å². The lowest BCUT2D eigenvalue weighted by atomic mass is 10.1. The predicted molar refractivity (Wildman–Crippen MR) is 109 cm³/mol. The van der Waals surface area contributed by atoms with Crippen molar-refractivity contribution >= 4 is 15.7 Å². The minimum Gasteiger partial charge on any atom is -0.276 e. The van der Waals surface area contributed by atoms with Crippen LogP contribution in [0.15, 0.2) is 47.4 Å². The van der Waals surface area contributed by atoms with E-state index in [2.05, 4.69) is 28.9 Å². The molecule has 0 bridgehead atoms. The molecule has 0 radical (unpaired) electrons. The van der Waals surface area contributed by atoms with E-state index in [4.69, 9.17) is 0 Å². The number of rotatable bonds is 5. The van der Waals surface area contributed by atoms with Gasteiger partial charge in [0, 0.05) is 0 Å². The predicted octanol–water partition coefficient (Wildman–Crippen LogP) is 4.27. The summed E-state index contributed by atoms with van der Waals surface area (Å²) >= 11 is 0. The fourth-order valence-electron chi connectivity index (χ4n) is 3.02. The molecule has 0 saturated heterocycles. The van der Waals surface area contributed by atoms with Crippen LogP contribution in [0, 0.1) is 34.6 Å². The zero-order chi connectivity index (χ0) is 19.8. The number of aromatic nitrogens is 2. The Morgan fingerprint density at radius 2 is 1.63 bits per heavy atom. The Balaban J connectivity index is 1.92. The highest BCUT2D eigenvalue weighted by atomic mass is 32.2. The second-order valence-electron chi connectivity index (χ2n) is 6.98. The van der Waals surface area contributed by atoms with Crippen LogP contribution < -0.4 is 4.72 Å². The molecule has 5 nitrogen and oxygen atoms in total. The van der Waals surface area contributed by atoms with Gasteiger partial charge in [0.15, 0.2) is 0 Å². The first-order chi connectivity index (χ1) is 12.7. The Labute approximate surface area is 161 Å². The summed E-state index contributed by atoms with van der Waals surface area (Å²) in [5.41, 5.74) is 6.35. The van der Waals surface area contributed by atoms with Crippen molar-refractivity contribution in [2.75, 3.05) is 4.72 Å². The summed E-state index contributed by atoms with van der Waals surface area (Å²) in [6, 6.07) is 13.3. The Bertz CT molecular complexity index is 1100. The average Bonchev–Trinajstić information content (AvgIpc) is 2.86. The summed E-state index contributed by atoms with van der Waals surface area (Å²) in [5.74, 6) is 0. The third-order valence-corrected chi connectivity index (χ3v) is 6.34. The molecule has 2 aromatic carbocycles. The number of aryl methyl sites for hydroxylation is 4. The minimum absolute atomic E-state index is 0.260. The van der Waals surface area contributed by atoms with Gasteiger partial charge in [0.1, 0.15) is 0 Å². The highest BCUT2D eigenvalue weighted by Gasteiger charge is 2.20. The lowest BCUT2D eigenvalue weighted by molar-refractivity contribution is 0.601. The Morgan fingerprint density at radius 1 is 0.926 bits per heavy atom. The van der Waals surface area contributed by atoms with Crippen LogP contribution in [0.3, 0.4) is 0 Å². The summed E-state index contributed by atoms with van der Waals surface area (Å²) in [6.07, 6.45) is 0. The smallest absolute Gasteiger partial charge is 0.262 e. The molecule has 3 rings (SSSR count). The van der Waals surface area contributed by atoms with E-state index in [1.807, 2.05) is 50.6 Å². The molecular formula is C21H25N3O2S. The second-order valence-corrected chi connectivity index (χ2v) is 8.66. The number of anilines is 1. The fraction of sp³-hybridized carbons (Fsp3) is 0.286. The van der Waals surface area contributed by atoms with Crippen molar-refractivity contribution < 1.29 is 8.42 Å². The van der Waals surface area contributed by atoms with E-state index in [1.54, 1.807) is 12.1 Å². The van der Waals surface area contributed by atoms with Crippen LogP contribution in [0.25, 0.3) is 0 Å². The highest BCUT2D eigenvalue weighted by molar-refractivity contribution is 7.92. The number of hydrogen-bond donors (Lipinski definition) is 1. The van der Waals surface area contributed by atoms with E-state index in [0.717, 1.165) is 22.4 Å². The Morgan fingerprint density at radius 3 is 2.30 bits per heavy atom. The maximum atomic E-state index is 12.8. The zero-order valence-corrected chi connectivity index (χ0v) is 17.2. The van der Waals surface area contributed by atoms with E-state index >= 15 is 0 Å². The maximum Gasteiger partial charge on any atom is 0.262 e. The second kappa shape index (κ2) is 7.19. The first kappa shape index (κ1) is 19.2. The fourth-order valence-corrected chi connectivity index (χ4v) is 4.28. The van der Waals surface area contributed by atoms with Gasteiger partial charge in [-0.1, -0.05) is 30.3 Å². The van der Waals surface area contributed by atoms with Crippen molar-refractivity contribution in [2.24, 2.45) is 0 Å². The van der Waals surface area contributed by atoms with Crippen LogP contribution in [0.4, 0.5) is 5.69 Å². The van der Waals surface area contributed by atoms with E-state index in [-0.39, 0.29) is 4.90 Å². The molecule has 0 aliphatic rings. The first-order valence-corrected chi connectivity index (χ1v) is 10.4. The van der Waals surface area contributed by atoms with Gasteiger partial charge in [-0.3, -0.25) is 9.40 Å². The van der Waals surface area contributed by atoms with Crippen molar-refractivity contribution in [1.29, 1.82) is 0 Å². The number of sulfonamides is 1. The molecule has 142 valence electrons. The van der Waals surface area contributed by atoms with Gasteiger partial charge in [-0.05, 0) is 69.0 Å². The third-order valence-electron chi connectivity index (χ3n) is 4.99. The van der Waals surface area contributed by atoms with Crippen molar-refractivity contribution in [3.63, 3.8) is 0 Å². The quantitative estimate of drug-likeness (QED) is 0.715. The van der Waals surface area contributed by atoms with Crippen molar-refractivity contribution in [2.45, 2.75) is 46.1 Å². The van der Waals surface area contributed by atoms with Crippen molar-refractivity contribution in [3.05, 3.63) is 76.1 Å². The molecule has 0 unspecified atom stereocenters. The number of benzene rings is 2. The van der Waals surface area contributed by atoms with Gasteiger partial charge in [0.2, 0.25) is 0 Å². The third kappa shape index (κ3) is 3.90. The van der Waals surface area contributed by atoms with Gasteiger partial charge in [0.25, 0.3) is 10.0 Å². The summed E-state index contributed by atoms with van der Waals surface area (Å²) in [5, 5.41) is 4.55. The van der Waals surface area contributed by atoms with Gasteiger partial charge < -0.3 is 0 Å². The molecule has 1 heterocycles. The number of hydrogen-bond acceptors (Lipinski definition) is 3. The standard InChI is InChI=1S/C21H25N3O2S/c1-14-10-11-20(12-16(14)3)27(25,26)23-21-17(4)22-24(18(21)5)13-19-9-7-6-8-15(19)2/h6-12,23H,13H2,1-5H3. The van der Waals surface area contributed by atoms with Crippen LogP contribution in [0.1, 0.15) is 33.6 Å². The summed E-state index contributed by atoms with van der Waals surface area (Å²) in [7, 11) is -3.67. The van der Waals surface area contributed by atoms with Gasteiger partial charge >= 0.3 is 0 Å². The van der Waals surface area contributed by atoms with Gasteiger partial charge in [-0.2, -0.15) is 5.10 Å². The van der Waals surface area contributed by atoms with Gasteiger partial charge in [-0.15, -0.1) is 0 Å². The molecule has 3 aromatic rings. The minimum atomic E-state index is -3.67. The van der Waals surface area contributed by atoms with Crippen LogP contribution >= 0.6 is 0 Å². The average molecular weight is 384 g/mol. The maximum absolute atomic E-state index is 12.8. The van der Waals surface area contributed by atoms with E-state index in [9.17, 15) is 8.42 Å². The van der Waals surface area contributed by atoms with E-state index in [0.29, 0.717) is 17.9 Å². The Hall–Kier alpha value is -2.60. The van der Waals surface area contributed by atoms with Crippen molar-refractivity contribution in [3.8, 4) is 0 Å². The largest absolute Gasteiger partial charge is 0.276 e. The molecule has 6 heteroatoms. The van der Waals surface area contributed by atoms with Gasteiger partial charge in [-0.25, -0.2) is 8.42 Å². The normalized spacial score (nSPS) is 11.6. The van der Waals surface area contributed by atoms with Crippen LogP contribution in [-0.2, 0) is 16.6 Å². The SMILES string of the molecule is Cc1ccc(S(=O)(=O)Nc2c(C)nn(Cc3ccccc3C)c2C)cc1C. The molecule has 0 atom stereocenters. The molecule has 0 spiro atoms. The lowest BCUT2D eigenvalue weighted by Crippen LogP contribution is -2.14. The first-order valence-electron chi connectivity index (χ1n) is 8.87. The highest BCUT2D eigenvalue weighted by Crippen LogP contribution is 2.25. The molecule has 0 fully saturated rings. The molecule has 1 aromatic heterocycles. The molecule has 27 heavy (non-hydrogen) atoms. The summed E-state index contributed by atoms with van der Waals surface area (Å²) in [6.45, 7) is 10.2. The molecule has 1 N–H and O–H groups in total. The summed E-state index contributed by atoms with van der Waals surface area (Å²) < 4.78 is 30.3. The Kier molecular flexibility index (Phi) is 5.11. The van der Waals surface area contributed by atoms with Gasteiger partial charge in [0.05, 0.1) is 28.5 Å². The number of nitrogens with zero attached hydrogens (tertiary/aromatic N) is 2. The lowest BCUT2D eigenvalue weighted by Gasteiger charge is -2.11. The monoisotopic (exact) mass is 383 g/mol. The number of nitrogens with one attached hydrogen (secondary N) is 1. The van der Waals surface area contributed by atoms with Crippen LogP contribution in [0.5, 0.6) is 0 Å². The molecule has 0 saturated carbocycles. The van der Waals surface area contributed by atoms with Crippen LogP contribution in [-0.4, -0.2) is 18.2 Å². The summed E-state index contributed by atoms with van der Waals surface area (Å²) in [4.78, 5) is 0.260. The molecular weight excluding hydrogens is 358 g/mol. The zero-order valence-electron chi connectivity index (χ0n) is 16.4. The topological polar surface area (TPSA) is 64.0 Å². The van der Waals surface area contributed by atoms with E-state index < -0.39 is 10.0 Å². The van der Waals surface area contributed by atoms with Crippen molar-refractivity contribution in [1.82, 2.24) is 9.78 Å². The molecule has 0 amide bonds. The molecule has 0 aliphatic heterocycles. The molecule has 0 aliphatic carbocycles. The van der Waals surface area contributed by atoms with E-state index in [1.165, 1.54) is 5.56 Å².